The molecule has 0 spiro atoms. The molecule has 38 heteroatoms. The maximum absolute atomic E-state index is 18.1. The van der Waals surface area contributed by atoms with E-state index in [9.17, 15) is 48.3 Å². The molecule has 3 aromatic rings. The number of rotatable bonds is 60. The van der Waals surface area contributed by atoms with Gasteiger partial charge >= 0.3 is 0 Å². The summed E-state index contributed by atoms with van der Waals surface area (Å²) in [4.78, 5) is 138. The van der Waals surface area contributed by atoms with E-state index in [2.05, 4.69) is 69.6 Å². The predicted molar refractivity (Wildman–Crippen MR) is 524 cm³/mol. The summed E-state index contributed by atoms with van der Waals surface area (Å²) in [7, 11) is 8.16. The molecule has 2 unspecified atom stereocenters. The zero-order valence-corrected chi connectivity index (χ0v) is 84.4. The first-order valence-electron chi connectivity index (χ1n) is 50.8. The van der Waals surface area contributed by atoms with Crippen molar-refractivity contribution in [1.82, 2.24) is 53.2 Å². The molecule has 0 radical (unpaired) electrons. The number of ketones is 4. The second kappa shape index (κ2) is 53.5. The van der Waals surface area contributed by atoms with Gasteiger partial charge in [-0.2, -0.15) is 0 Å². The number of nitrogens with zero attached hydrogens (tertiary/aromatic N) is 4. The number of nitrogens with one attached hydrogen (secondary N) is 9. The van der Waals surface area contributed by atoms with Crippen molar-refractivity contribution < 1.29 is 123 Å². The third kappa shape index (κ3) is 29.0. The number of halogens is 2. The molecule has 142 heavy (non-hydrogen) atoms. The highest BCUT2D eigenvalue weighted by molar-refractivity contribution is 6.04. The highest BCUT2D eigenvalue weighted by Crippen LogP contribution is 2.72. The minimum Gasteiger partial charge on any atom is -0.486 e. The number of likely N-dealkylation sites (N-methyl/N-ethyl adjacent to an activating group) is 1. The maximum Gasteiger partial charge on any atom is 0.246 e. The molecule has 3 aromatic carbocycles. The minimum absolute atomic E-state index is 0.00413. The van der Waals surface area contributed by atoms with Crippen LogP contribution >= 0.6 is 0 Å². The maximum atomic E-state index is 18.1. The van der Waals surface area contributed by atoms with Gasteiger partial charge in [0.25, 0.3) is 0 Å². The number of benzene rings is 3. The number of amides is 6. The molecule has 9 aliphatic rings. The lowest BCUT2D eigenvalue weighted by Gasteiger charge is -2.63. The van der Waals surface area contributed by atoms with Crippen LogP contribution in [0.5, 0.6) is 5.75 Å². The number of quaternary nitrogens is 1. The van der Waals surface area contributed by atoms with Gasteiger partial charge in [0.15, 0.2) is 29.1 Å². The summed E-state index contributed by atoms with van der Waals surface area (Å²) in [6.45, 7) is 17.2. The van der Waals surface area contributed by atoms with E-state index in [-0.39, 0.29) is 145 Å². The summed E-state index contributed by atoms with van der Waals surface area (Å²) in [5, 5.41) is 30.5. The summed E-state index contributed by atoms with van der Waals surface area (Å²) >= 11 is 0. The molecule has 0 aromatic heterocycles. The highest BCUT2D eigenvalue weighted by atomic mass is 19.1. The number of unbranched alkanes of at least 4 members (excludes halogenated alkanes) is 1. The van der Waals surface area contributed by atoms with Gasteiger partial charge in [-0.3, -0.25) is 58.0 Å². The van der Waals surface area contributed by atoms with E-state index in [1.807, 2.05) is 72.5 Å². The van der Waals surface area contributed by atoms with Gasteiger partial charge in [-0.1, -0.05) is 102 Å². The predicted octanol–water partition coefficient (Wildman–Crippen LogP) is 8.37. The fourth-order valence-corrected chi connectivity index (χ4v) is 20.9. The summed E-state index contributed by atoms with van der Waals surface area (Å²) in [5.74, 6) is -6.35. The molecule has 784 valence electrons. The Hall–Kier alpha value is -9.62. The Morgan fingerprint density at radius 1 is 0.669 bits per heavy atom. The van der Waals surface area contributed by atoms with E-state index in [0.29, 0.717) is 143 Å². The number of hydrogen-bond donors (Lipinski definition) is 10. The number of alkyl halides is 2. The van der Waals surface area contributed by atoms with Gasteiger partial charge < -0.3 is 109 Å². The fourth-order valence-electron chi connectivity index (χ4n) is 20.9. The first kappa shape index (κ1) is 111. The molecule has 10 N–H and O–H groups in total. The third-order valence-electron chi connectivity index (χ3n) is 28.5. The van der Waals surface area contributed by atoms with Crippen LogP contribution in [0.4, 0.5) is 20.2 Å². The summed E-state index contributed by atoms with van der Waals surface area (Å²) < 4.78 is 107. The van der Waals surface area contributed by atoms with Crippen molar-refractivity contribution in [2.75, 3.05) is 184 Å². The lowest BCUT2D eigenvalue weighted by molar-refractivity contribution is -0.869. The van der Waals surface area contributed by atoms with Gasteiger partial charge in [-0.15, -0.1) is 11.1 Å². The van der Waals surface area contributed by atoms with Crippen LogP contribution in [0.15, 0.2) is 108 Å². The Morgan fingerprint density at radius 3 is 2.00 bits per heavy atom. The molecule has 4 heterocycles. The van der Waals surface area contributed by atoms with Crippen LogP contribution in [-0.4, -0.2) is 306 Å². The van der Waals surface area contributed by atoms with Crippen LogP contribution < -0.4 is 58.1 Å². The van der Waals surface area contributed by atoms with Crippen molar-refractivity contribution in [2.45, 2.75) is 231 Å². The van der Waals surface area contributed by atoms with Crippen molar-refractivity contribution in [1.29, 1.82) is 0 Å². The fraction of sp³-hybridized carbons (Fsp3) is 0.654. The molecule has 4 aliphatic heterocycles. The van der Waals surface area contributed by atoms with E-state index in [4.69, 9.17) is 56.8 Å². The smallest absolute Gasteiger partial charge is 0.246 e. The number of fused-ring (bicyclic) bond motifs is 11. The van der Waals surface area contributed by atoms with E-state index < -0.39 is 124 Å². The van der Waals surface area contributed by atoms with E-state index in [0.717, 1.165) is 88.0 Å². The number of aliphatic hydroxyl groups is 1. The molecule has 6 amide bonds. The Kier molecular flexibility index (Phi) is 41.8. The molecule has 12 rings (SSSR count). The molecular formula is C104H152F2N13O23+. The molecule has 1 saturated heterocycles. The van der Waals surface area contributed by atoms with Gasteiger partial charge in [0, 0.05) is 98.2 Å². The number of carbonyl (C=O) groups is 10. The Labute approximate surface area is 832 Å². The number of Topliss-reactive ketones (excluding diaryl/α,β-unsaturated/α-hetero) is 3. The zero-order valence-electron chi connectivity index (χ0n) is 84.4. The van der Waals surface area contributed by atoms with Crippen LogP contribution in [0, 0.1) is 34.5 Å². The molecule has 14 atom stereocenters. The average Bonchev–Trinajstić information content (AvgIpc) is 1.47. The largest absolute Gasteiger partial charge is 0.486 e. The topological polar surface area (TPSA) is 420 Å². The Bertz CT molecular complexity index is 4890. The van der Waals surface area contributed by atoms with E-state index in [1.165, 1.54) is 19.1 Å². The number of allylic oxidation sites excluding steroid dienone is 5. The zero-order chi connectivity index (χ0) is 102. The molecule has 3 saturated carbocycles. The van der Waals surface area contributed by atoms with Gasteiger partial charge in [-0.05, 0) is 143 Å². The second-order valence-electron chi connectivity index (χ2n) is 40.0. The lowest BCUT2D eigenvalue weighted by Crippen LogP contribution is -2.71. The third-order valence-corrected chi connectivity index (χ3v) is 28.5. The first-order valence-corrected chi connectivity index (χ1v) is 50.8. The van der Waals surface area contributed by atoms with Crippen molar-refractivity contribution in [3.63, 3.8) is 0 Å². The number of hydrazine groups is 4. The Balaban J connectivity index is 0.562. The van der Waals surface area contributed by atoms with Gasteiger partial charge in [0.05, 0.1) is 193 Å². The highest BCUT2D eigenvalue weighted by Gasteiger charge is 2.80. The Morgan fingerprint density at radius 2 is 1.32 bits per heavy atom. The number of hydrogen-bond acceptors (Lipinski definition) is 29. The standard InChI is InChI=1S/C104H151F2N13O23/c1-11-22-94-141-89-64-78-79-63-81(105)80-62-74(121)37-40-101(80,5)103(79,106)87(123)65-102(78,6)104(89,142-94)88(124)67-139-75-34-31-72(32-35-75)109-99(129)70(4)61-85(122)95(69(2)3)111-100(130)82(27-19-20-41-107-92(127)68-140-86-30-14-12-13-29-84-97(86)113-115-118(84)43-48-134-52-56-138-60-59-136-54-50-132-46-38-90(125)108-42-44-119(8,9)10)110-91(126)39-47-133-51-55-137-58-57-135-53-49-131-45-21-24-73(120)33-36-93(128)117-66-71-23-15-16-25-76(71)98-96(112-114-116(98)7)77-26-17-18-28-83(77)117/h15-18,23,25-26,28,31-32,34-35,37,40,62,69-70,78-79,81-82,86-87,89,94-95,112-115,123H,11-14,19-22,24,27,29-30,33,36,38-39,41-61,63-68H2,1-10H3,(H4-,107,108,109,110,111,125,126,127,129,130)/p+1/t70-,78+,79+,81+,82-,86?,87+,89-,94?,95+,101+,102+,103+,104-/m1/s1. The van der Waals surface area contributed by atoms with Gasteiger partial charge in [-0.25, -0.2) is 8.78 Å². The van der Waals surface area contributed by atoms with Gasteiger partial charge in [0.2, 0.25) is 41.2 Å². The van der Waals surface area contributed by atoms with Crippen molar-refractivity contribution in [3.05, 3.63) is 125 Å². The van der Waals surface area contributed by atoms with Crippen LogP contribution in [0.1, 0.15) is 187 Å². The van der Waals surface area contributed by atoms with Crippen LogP contribution in [-0.2, 0) is 107 Å². The molecule has 5 aliphatic carbocycles. The number of para-hydroxylation sites is 1. The second-order valence-corrected chi connectivity index (χ2v) is 40.0. The number of ether oxygens (including phenoxy) is 12. The van der Waals surface area contributed by atoms with Gasteiger partial charge in [0.1, 0.15) is 43.1 Å². The molecule has 4 fully saturated rings. The molecule has 0 bridgehead atoms. The van der Waals surface area contributed by atoms with Crippen LogP contribution in [0.2, 0.25) is 0 Å². The lowest BCUT2D eigenvalue weighted by atomic mass is 9.44. The van der Waals surface area contributed by atoms with Crippen LogP contribution in [0.25, 0.3) is 11.4 Å². The monoisotopic (exact) mass is 1990 g/mol. The van der Waals surface area contributed by atoms with E-state index in [1.54, 1.807) is 56.9 Å². The van der Waals surface area contributed by atoms with Crippen LogP contribution in [0.3, 0.4) is 0 Å². The summed E-state index contributed by atoms with van der Waals surface area (Å²) in [5.41, 5.74) is 13.8. The van der Waals surface area contributed by atoms with Crippen molar-refractivity contribution in [3.8, 4) is 5.75 Å². The average molecular weight is 1990 g/mol. The first-order chi connectivity index (χ1) is 68.3. The van der Waals surface area contributed by atoms with Crippen molar-refractivity contribution >= 4 is 81.3 Å². The summed E-state index contributed by atoms with van der Waals surface area (Å²) in [6.07, 6.45) is 5.29. The number of anilines is 2. The number of aliphatic hydroxyl groups excluding tert-OH is 1. The normalized spacial score (nSPS) is 24.4. The quantitative estimate of drug-likeness (QED) is 0.0187. The number of carbonyl (C=O) groups excluding carboxylic acids is 10. The van der Waals surface area contributed by atoms with E-state index >= 15 is 13.6 Å². The SMILES string of the molecule is CCCC1O[C@@H]2C[C@H]3[C@@H]4C[C@H](F)C5=CC(=O)C=C[C@]5(C)[C@@]4(F)[C@@H](O)C[C@]3(C)[C@]2(C(=O)COc2ccc(NC(=O)[C@H](C)CC(=O)[C@@H](NC(=O)[C@@H](CCCCNC(=O)COC3CCCCCC4=C3NNN4CCOCCOCCOCCOCCC(=O)NCC[N+](C)(C)C)NC(=O)CCOCCOCCOCCOCCCC(=O)CCC(=O)N3Cc4ccccc4C4=C(NNN4C)c4ccccc43)C(C)C)cc2)O1. The minimum atomic E-state index is -2.38. The van der Waals surface area contributed by atoms with Crippen molar-refractivity contribution in [2.24, 2.45) is 34.5 Å². The summed E-state index contributed by atoms with van der Waals surface area (Å²) in [6, 6.07) is 19.8. The molecular weight excluding hydrogens is 1840 g/mol. The molecule has 36 nitrogen and oxygen atoms in total.